The maximum absolute atomic E-state index is 11.8. The van der Waals surface area contributed by atoms with E-state index in [4.69, 9.17) is 16.3 Å². The van der Waals surface area contributed by atoms with Gasteiger partial charge < -0.3 is 4.74 Å². The number of anilines is 1. The predicted molar refractivity (Wildman–Crippen MR) is 71.6 cm³/mol. The second-order valence-electron chi connectivity index (χ2n) is 4.48. The molecule has 6 heteroatoms. The molecule has 17 heavy (non-hydrogen) atoms. The molecule has 0 spiro atoms. The second kappa shape index (κ2) is 5.23. The lowest BCUT2D eigenvalue weighted by molar-refractivity contribution is 0.0589. The minimum absolute atomic E-state index is 0.359. The Kier molecular flexibility index (Phi) is 4.38. The summed E-state index contributed by atoms with van der Waals surface area (Å²) in [5.41, 5.74) is 0.0705. The highest BCUT2D eigenvalue weighted by atomic mass is 79.9. The van der Waals surface area contributed by atoms with Crippen LogP contribution >= 0.6 is 27.5 Å². The molecule has 1 heterocycles. The first-order valence-corrected chi connectivity index (χ1v) is 6.16. The Hall–Kier alpha value is -0.810. The molecule has 0 aromatic carbocycles. The number of carbonyl (C=O) groups excluding carboxylic acids is 1. The van der Waals surface area contributed by atoms with Gasteiger partial charge in [-0.15, -0.1) is 0 Å². The van der Waals surface area contributed by atoms with Crippen molar-refractivity contribution in [1.82, 2.24) is 4.98 Å². The van der Waals surface area contributed by atoms with E-state index in [1.807, 2.05) is 20.8 Å². The Morgan fingerprint density at radius 2 is 2.06 bits per heavy atom. The van der Waals surface area contributed by atoms with Gasteiger partial charge in [0.2, 0.25) is 0 Å². The third kappa shape index (κ3) is 4.16. The molecule has 1 amide bonds. The van der Waals surface area contributed by atoms with Crippen molar-refractivity contribution in [1.29, 1.82) is 0 Å². The van der Waals surface area contributed by atoms with Crippen molar-refractivity contribution >= 4 is 39.3 Å². The van der Waals surface area contributed by atoms with Crippen LogP contribution < -0.4 is 4.90 Å². The maximum Gasteiger partial charge on any atom is 0.414 e. The van der Waals surface area contributed by atoms with Crippen LogP contribution in [-0.4, -0.2) is 23.7 Å². The molecule has 1 aromatic rings. The molecule has 0 unspecified atom stereocenters. The number of aromatic nitrogens is 1. The van der Waals surface area contributed by atoms with Crippen LogP contribution in [0.3, 0.4) is 0 Å². The number of pyridine rings is 1. The predicted octanol–water partition coefficient (Wildman–Crippen LogP) is 3.87. The minimum Gasteiger partial charge on any atom is -0.443 e. The quantitative estimate of drug-likeness (QED) is 0.737. The molecule has 0 atom stereocenters. The summed E-state index contributed by atoms with van der Waals surface area (Å²) in [6.45, 7) is 5.44. The number of nitrogens with zero attached hydrogens (tertiary/aromatic N) is 2. The van der Waals surface area contributed by atoms with E-state index >= 15 is 0 Å². The van der Waals surface area contributed by atoms with Gasteiger partial charge in [-0.1, -0.05) is 11.6 Å². The summed E-state index contributed by atoms with van der Waals surface area (Å²) >= 11 is 8.98. The Morgan fingerprint density at radius 1 is 1.47 bits per heavy atom. The van der Waals surface area contributed by atoms with Gasteiger partial charge in [0.25, 0.3) is 0 Å². The lowest BCUT2D eigenvalue weighted by Crippen LogP contribution is -2.34. The SMILES string of the molecule is CN(C(=O)OC(C)(C)C)c1ccc(Cl)nc1Br. The molecule has 0 aliphatic carbocycles. The monoisotopic (exact) mass is 320 g/mol. The summed E-state index contributed by atoms with van der Waals surface area (Å²) in [6.07, 6.45) is -0.442. The average Bonchev–Trinajstić information content (AvgIpc) is 2.14. The van der Waals surface area contributed by atoms with Crippen molar-refractivity contribution in [2.75, 3.05) is 11.9 Å². The van der Waals surface area contributed by atoms with Crippen LogP contribution in [0.25, 0.3) is 0 Å². The molecular weight excluding hydrogens is 307 g/mol. The zero-order valence-electron chi connectivity index (χ0n) is 10.1. The van der Waals surface area contributed by atoms with Gasteiger partial charge in [0, 0.05) is 7.05 Å². The Labute approximate surface area is 114 Å². The molecule has 1 aromatic heterocycles. The van der Waals surface area contributed by atoms with Gasteiger partial charge in [0.1, 0.15) is 15.4 Å². The summed E-state index contributed by atoms with van der Waals surface area (Å²) in [4.78, 5) is 17.2. The van der Waals surface area contributed by atoms with Crippen LogP contribution in [0.2, 0.25) is 5.15 Å². The fourth-order valence-corrected chi connectivity index (χ4v) is 1.92. The van der Waals surface area contributed by atoms with Gasteiger partial charge in [-0.05, 0) is 48.8 Å². The van der Waals surface area contributed by atoms with Crippen LogP contribution in [0, 0.1) is 0 Å². The number of carbonyl (C=O) groups is 1. The average molecular weight is 322 g/mol. The first kappa shape index (κ1) is 14.3. The van der Waals surface area contributed by atoms with Crippen LogP contribution in [-0.2, 0) is 4.74 Å². The third-order valence-electron chi connectivity index (χ3n) is 1.82. The van der Waals surface area contributed by atoms with E-state index in [0.717, 1.165) is 0 Å². The normalized spacial score (nSPS) is 11.2. The first-order chi connectivity index (χ1) is 7.70. The van der Waals surface area contributed by atoms with E-state index in [0.29, 0.717) is 15.4 Å². The molecular formula is C11H14BrClN2O2. The molecule has 0 radical (unpaired) electrons. The number of hydrogen-bond acceptors (Lipinski definition) is 3. The molecule has 0 saturated carbocycles. The van der Waals surface area contributed by atoms with E-state index in [9.17, 15) is 4.79 Å². The minimum atomic E-state index is -0.530. The van der Waals surface area contributed by atoms with Gasteiger partial charge in [-0.2, -0.15) is 0 Å². The molecule has 94 valence electrons. The van der Waals surface area contributed by atoms with Crippen molar-refractivity contribution in [3.8, 4) is 0 Å². The highest BCUT2D eigenvalue weighted by Gasteiger charge is 2.22. The van der Waals surface area contributed by atoms with Crippen molar-refractivity contribution in [2.24, 2.45) is 0 Å². The summed E-state index contributed by atoms with van der Waals surface area (Å²) in [5, 5.41) is 0.359. The van der Waals surface area contributed by atoms with Gasteiger partial charge in [-0.3, -0.25) is 4.90 Å². The van der Waals surface area contributed by atoms with Crippen molar-refractivity contribution in [2.45, 2.75) is 26.4 Å². The van der Waals surface area contributed by atoms with E-state index in [1.165, 1.54) is 4.90 Å². The van der Waals surface area contributed by atoms with Crippen molar-refractivity contribution in [3.63, 3.8) is 0 Å². The van der Waals surface area contributed by atoms with Crippen LogP contribution in [0.5, 0.6) is 0 Å². The molecule has 0 saturated heterocycles. The summed E-state index contributed by atoms with van der Waals surface area (Å²) in [7, 11) is 1.61. The fourth-order valence-electron chi connectivity index (χ4n) is 1.08. The molecule has 0 aliphatic heterocycles. The van der Waals surface area contributed by atoms with Gasteiger partial charge in [-0.25, -0.2) is 9.78 Å². The smallest absolute Gasteiger partial charge is 0.414 e. The van der Waals surface area contributed by atoms with Crippen LogP contribution in [0.1, 0.15) is 20.8 Å². The molecule has 0 bridgehead atoms. The number of halogens is 2. The maximum atomic E-state index is 11.8. The molecule has 0 N–H and O–H groups in total. The highest BCUT2D eigenvalue weighted by Crippen LogP contribution is 2.26. The lowest BCUT2D eigenvalue weighted by Gasteiger charge is -2.25. The Bertz CT molecular complexity index is 432. The lowest BCUT2D eigenvalue weighted by atomic mass is 10.2. The molecule has 1 rings (SSSR count). The largest absolute Gasteiger partial charge is 0.443 e. The van der Waals surface area contributed by atoms with Crippen LogP contribution in [0.15, 0.2) is 16.7 Å². The summed E-state index contributed by atoms with van der Waals surface area (Å²) in [6, 6.07) is 3.31. The second-order valence-corrected chi connectivity index (χ2v) is 5.62. The topological polar surface area (TPSA) is 42.4 Å². The Balaban J connectivity index is 2.89. The first-order valence-electron chi connectivity index (χ1n) is 4.99. The number of hydrogen-bond donors (Lipinski definition) is 0. The van der Waals surface area contributed by atoms with Crippen molar-refractivity contribution < 1.29 is 9.53 Å². The van der Waals surface area contributed by atoms with E-state index < -0.39 is 11.7 Å². The van der Waals surface area contributed by atoms with Gasteiger partial charge in [0.05, 0.1) is 5.69 Å². The standard InChI is InChI=1S/C11H14BrClN2O2/c1-11(2,3)17-10(16)15(4)7-5-6-8(13)14-9(7)12/h5-6H,1-4H3. The number of ether oxygens (including phenoxy) is 1. The third-order valence-corrected chi connectivity index (χ3v) is 2.62. The fraction of sp³-hybridized carbons (Fsp3) is 0.455. The van der Waals surface area contributed by atoms with E-state index in [2.05, 4.69) is 20.9 Å². The number of rotatable bonds is 1. The number of amides is 1. The van der Waals surface area contributed by atoms with E-state index in [1.54, 1.807) is 19.2 Å². The molecule has 0 fully saturated rings. The summed E-state index contributed by atoms with van der Waals surface area (Å²) < 4.78 is 5.74. The zero-order chi connectivity index (χ0) is 13.2. The van der Waals surface area contributed by atoms with Crippen LogP contribution in [0.4, 0.5) is 10.5 Å². The van der Waals surface area contributed by atoms with E-state index in [-0.39, 0.29) is 0 Å². The summed E-state index contributed by atoms with van der Waals surface area (Å²) in [5.74, 6) is 0. The molecule has 4 nitrogen and oxygen atoms in total. The molecule has 0 aliphatic rings. The van der Waals surface area contributed by atoms with Gasteiger partial charge >= 0.3 is 6.09 Å². The Morgan fingerprint density at radius 3 is 2.53 bits per heavy atom. The van der Waals surface area contributed by atoms with Crippen molar-refractivity contribution in [3.05, 3.63) is 21.9 Å². The zero-order valence-corrected chi connectivity index (χ0v) is 12.5. The highest BCUT2D eigenvalue weighted by molar-refractivity contribution is 9.10. The van der Waals surface area contributed by atoms with Gasteiger partial charge in [0.15, 0.2) is 0 Å².